The lowest BCUT2D eigenvalue weighted by molar-refractivity contribution is -0.0727. The van der Waals surface area contributed by atoms with Gasteiger partial charge in [0.2, 0.25) is 0 Å². The van der Waals surface area contributed by atoms with Crippen LogP contribution in [0.15, 0.2) is 30.3 Å². The number of aromatic nitrogens is 2. The molecule has 1 aromatic carbocycles. The van der Waals surface area contributed by atoms with E-state index in [-0.39, 0.29) is 23.1 Å². The summed E-state index contributed by atoms with van der Waals surface area (Å²) >= 11 is 0. The molecule has 0 radical (unpaired) electrons. The molecule has 1 amide bonds. The molecule has 7 heteroatoms. The maximum absolute atomic E-state index is 13.0. The number of nitrogens with zero attached hydrogens (tertiary/aromatic N) is 1. The molecule has 0 saturated heterocycles. The molecule has 2 N–H and O–H groups in total. The van der Waals surface area contributed by atoms with Gasteiger partial charge < -0.3 is 10.1 Å². The van der Waals surface area contributed by atoms with E-state index in [1.54, 1.807) is 18.2 Å². The topological polar surface area (TPSA) is 67.0 Å². The van der Waals surface area contributed by atoms with Crippen molar-refractivity contribution in [3.63, 3.8) is 0 Å². The standard InChI is InChI=1S/C24H29F2N3O2/c1-2-21(24-11-14-7-15(12-24)9-16(8-14)13-24)27-22(30)20-10-19(28-29-20)17-3-5-18(6-4-17)31-23(25)26/h3-6,10,14-16,21,23H,2,7-9,11-13H2,1H3,(H,27,30)(H,28,29). The second-order valence-electron chi connectivity index (χ2n) is 9.78. The Hall–Kier alpha value is -2.44. The SMILES string of the molecule is CCC(NC(=O)c1cc(-c2ccc(OC(F)F)cc2)n[nH]1)C12CC3CC(CC(C3)C1)C2. The molecule has 166 valence electrons. The summed E-state index contributed by atoms with van der Waals surface area (Å²) in [7, 11) is 0. The highest BCUT2D eigenvalue weighted by Crippen LogP contribution is 2.61. The highest BCUT2D eigenvalue weighted by Gasteiger charge is 2.54. The van der Waals surface area contributed by atoms with E-state index in [4.69, 9.17) is 0 Å². The van der Waals surface area contributed by atoms with Gasteiger partial charge in [0.05, 0.1) is 5.69 Å². The second kappa shape index (κ2) is 7.92. The van der Waals surface area contributed by atoms with Gasteiger partial charge in [-0.15, -0.1) is 0 Å². The van der Waals surface area contributed by atoms with Crippen LogP contribution in [0.3, 0.4) is 0 Å². The summed E-state index contributed by atoms with van der Waals surface area (Å²) < 4.78 is 29.0. The van der Waals surface area contributed by atoms with Gasteiger partial charge in [-0.25, -0.2) is 0 Å². The van der Waals surface area contributed by atoms with Crippen molar-refractivity contribution in [3.05, 3.63) is 36.0 Å². The predicted molar refractivity (Wildman–Crippen MR) is 113 cm³/mol. The molecule has 4 aliphatic carbocycles. The minimum absolute atomic E-state index is 0.0913. The number of benzene rings is 1. The van der Waals surface area contributed by atoms with E-state index in [9.17, 15) is 13.6 Å². The third-order valence-corrected chi connectivity index (χ3v) is 7.74. The van der Waals surface area contributed by atoms with E-state index < -0.39 is 6.61 Å². The molecule has 0 aliphatic heterocycles. The highest BCUT2D eigenvalue weighted by atomic mass is 19.3. The number of alkyl halides is 2. The Bertz CT molecular complexity index is 905. The summed E-state index contributed by atoms with van der Waals surface area (Å²) in [5.74, 6) is 2.49. The number of carbonyl (C=O) groups is 1. The lowest BCUT2D eigenvalue weighted by Gasteiger charge is -2.59. The van der Waals surface area contributed by atoms with Crippen LogP contribution >= 0.6 is 0 Å². The molecule has 1 aromatic heterocycles. The fourth-order valence-electron chi connectivity index (χ4n) is 6.92. The fraction of sp³-hybridized carbons (Fsp3) is 0.583. The number of halogens is 2. The number of ether oxygens (including phenoxy) is 1. The molecule has 1 heterocycles. The summed E-state index contributed by atoms with van der Waals surface area (Å²) in [5.41, 5.74) is 2.00. The molecule has 1 atom stereocenters. The van der Waals surface area contributed by atoms with Crippen molar-refractivity contribution in [2.75, 3.05) is 0 Å². The summed E-state index contributed by atoms with van der Waals surface area (Å²) in [5, 5.41) is 10.4. The molecular weight excluding hydrogens is 400 g/mol. The van der Waals surface area contributed by atoms with Crippen molar-refractivity contribution in [2.24, 2.45) is 23.2 Å². The lowest BCUT2D eigenvalue weighted by atomic mass is 9.47. The number of rotatable bonds is 7. The number of H-pyrrole nitrogens is 1. The van der Waals surface area contributed by atoms with E-state index >= 15 is 0 Å². The third-order valence-electron chi connectivity index (χ3n) is 7.74. The average Bonchev–Trinajstić information content (AvgIpc) is 3.21. The molecule has 4 fully saturated rings. The first-order valence-corrected chi connectivity index (χ1v) is 11.4. The highest BCUT2D eigenvalue weighted by molar-refractivity contribution is 5.93. The molecule has 4 aliphatic rings. The first-order chi connectivity index (χ1) is 14.9. The Morgan fingerprint density at radius 2 is 1.77 bits per heavy atom. The predicted octanol–water partition coefficient (Wildman–Crippen LogP) is 5.40. The number of amides is 1. The van der Waals surface area contributed by atoms with Crippen LogP contribution in [0.4, 0.5) is 8.78 Å². The number of hydrogen-bond donors (Lipinski definition) is 2. The molecule has 2 aromatic rings. The third kappa shape index (κ3) is 3.94. The minimum atomic E-state index is -2.85. The summed E-state index contributed by atoms with van der Waals surface area (Å²) in [6, 6.07) is 8.14. The quantitative estimate of drug-likeness (QED) is 0.619. The van der Waals surface area contributed by atoms with Crippen molar-refractivity contribution in [1.29, 1.82) is 0 Å². The van der Waals surface area contributed by atoms with Crippen LogP contribution in [0.25, 0.3) is 11.3 Å². The smallest absolute Gasteiger partial charge is 0.387 e. The van der Waals surface area contributed by atoms with Gasteiger partial charge in [-0.2, -0.15) is 13.9 Å². The number of carbonyl (C=O) groups excluding carboxylic acids is 1. The van der Waals surface area contributed by atoms with E-state index in [2.05, 4.69) is 27.2 Å². The number of aromatic amines is 1. The minimum Gasteiger partial charge on any atom is -0.435 e. The van der Waals surface area contributed by atoms with Gasteiger partial charge in [0.25, 0.3) is 5.91 Å². The molecule has 4 bridgehead atoms. The molecule has 4 saturated carbocycles. The lowest BCUT2D eigenvalue weighted by Crippen LogP contribution is -2.56. The van der Waals surface area contributed by atoms with E-state index in [0.717, 1.165) is 29.7 Å². The summed E-state index contributed by atoms with van der Waals surface area (Å²) in [4.78, 5) is 13.0. The van der Waals surface area contributed by atoms with Crippen LogP contribution in [0.1, 0.15) is 62.4 Å². The number of nitrogens with one attached hydrogen (secondary N) is 2. The zero-order chi connectivity index (χ0) is 21.6. The molecule has 31 heavy (non-hydrogen) atoms. The van der Waals surface area contributed by atoms with Gasteiger partial charge in [-0.05, 0) is 98.4 Å². The summed E-state index contributed by atoms with van der Waals surface area (Å²) in [6.07, 6.45) is 8.83. The van der Waals surface area contributed by atoms with Crippen molar-refractivity contribution in [3.8, 4) is 17.0 Å². The van der Waals surface area contributed by atoms with Gasteiger partial charge >= 0.3 is 6.61 Å². The first-order valence-electron chi connectivity index (χ1n) is 11.4. The number of hydrogen-bond acceptors (Lipinski definition) is 3. The Morgan fingerprint density at radius 1 is 1.16 bits per heavy atom. The molecule has 5 nitrogen and oxygen atoms in total. The van der Waals surface area contributed by atoms with Gasteiger partial charge in [-0.3, -0.25) is 9.89 Å². The maximum atomic E-state index is 13.0. The van der Waals surface area contributed by atoms with E-state index in [1.807, 2.05) is 0 Å². The van der Waals surface area contributed by atoms with Crippen LogP contribution in [-0.2, 0) is 0 Å². The van der Waals surface area contributed by atoms with Crippen LogP contribution in [-0.4, -0.2) is 28.8 Å². The fourth-order valence-corrected chi connectivity index (χ4v) is 6.92. The van der Waals surface area contributed by atoms with Crippen LogP contribution in [0, 0.1) is 23.2 Å². The Kier molecular flexibility index (Phi) is 5.22. The molecule has 1 unspecified atom stereocenters. The first kappa shape index (κ1) is 20.5. The normalized spacial score (nSPS) is 29.9. The monoisotopic (exact) mass is 429 g/mol. The van der Waals surface area contributed by atoms with Crippen molar-refractivity contribution < 1.29 is 18.3 Å². The maximum Gasteiger partial charge on any atom is 0.387 e. The zero-order valence-electron chi connectivity index (χ0n) is 17.7. The average molecular weight is 430 g/mol. The molecule has 6 rings (SSSR count). The largest absolute Gasteiger partial charge is 0.435 e. The Labute approximate surface area is 180 Å². The van der Waals surface area contributed by atoms with Crippen molar-refractivity contribution in [2.45, 2.75) is 64.5 Å². The van der Waals surface area contributed by atoms with Crippen LogP contribution < -0.4 is 10.1 Å². The van der Waals surface area contributed by atoms with Crippen LogP contribution in [0.5, 0.6) is 5.75 Å². The van der Waals surface area contributed by atoms with Gasteiger partial charge in [0.15, 0.2) is 0 Å². The van der Waals surface area contributed by atoms with Crippen molar-refractivity contribution in [1.82, 2.24) is 15.5 Å². The second-order valence-corrected chi connectivity index (χ2v) is 9.78. The van der Waals surface area contributed by atoms with Crippen molar-refractivity contribution >= 4 is 5.91 Å². The Morgan fingerprint density at radius 3 is 2.32 bits per heavy atom. The van der Waals surface area contributed by atoms with Gasteiger partial charge in [0, 0.05) is 11.6 Å². The van der Waals surface area contributed by atoms with Crippen LogP contribution in [0.2, 0.25) is 0 Å². The Balaban J connectivity index is 1.28. The zero-order valence-corrected chi connectivity index (χ0v) is 17.7. The van der Waals surface area contributed by atoms with Gasteiger partial charge in [-0.1, -0.05) is 6.92 Å². The summed E-state index contributed by atoms with van der Waals surface area (Å²) in [6.45, 7) is -0.683. The van der Waals surface area contributed by atoms with E-state index in [1.165, 1.54) is 50.7 Å². The van der Waals surface area contributed by atoms with Gasteiger partial charge in [0.1, 0.15) is 11.4 Å². The van der Waals surface area contributed by atoms with E-state index in [0.29, 0.717) is 11.4 Å². The molecular formula is C24H29F2N3O2. The molecule has 0 spiro atoms.